The van der Waals surface area contributed by atoms with Gasteiger partial charge in [-0.3, -0.25) is 5.43 Å². The van der Waals surface area contributed by atoms with Crippen LogP contribution in [0.5, 0.6) is 0 Å². The van der Waals surface area contributed by atoms with Crippen LogP contribution >= 0.6 is 0 Å². The first-order valence-corrected chi connectivity index (χ1v) is 4.34. The summed E-state index contributed by atoms with van der Waals surface area (Å²) in [6.45, 7) is 0. The quantitative estimate of drug-likeness (QED) is 0.295. The van der Waals surface area contributed by atoms with Crippen molar-refractivity contribution in [3.8, 4) is 0 Å². The number of carbonyl (C=O) groups excluding carboxylic acids is 1. The number of hydrazine groups is 1. The maximum Gasteiger partial charge on any atom is 0.349 e. The lowest BCUT2D eigenvalue weighted by molar-refractivity contribution is 0.241. The molecule has 2 amide bonds. The molecule has 0 aliphatic carbocycles. The summed E-state index contributed by atoms with van der Waals surface area (Å²) in [4.78, 5) is 10.6. The number of allylic oxidation sites excluding steroid dienone is 1. The van der Waals surface area contributed by atoms with Gasteiger partial charge in [0, 0.05) is 6.21 Å². The molecule has 4 N–H and O–H groups in total. The van der Waals surface area contributed by atoms with Crippen molar-refractivity contribution >= 4 is 18.3 Å². The van der Waals surface area contributed by atoms with Crippen molar-refractivity contribution in [2.75, 3.05) is 0 Å². The molecule has 0 radical (unpaired) electrons. The number of hydrazone groups is 1. The van der Waals surface area contributed by atoms with E-state index in [2.05, 4.69) is 10.5 Å². The highest BCUT2D eigenvalue weighted by Crippen LogP contribution is 1.99. The van der Waals surface area contributed by atoms with Crippen LogP contribution in [0.3, 0.4) is 0 Å². The van der Waals surface area contributed by atoms with E-state index in [9.17, 15) is 4.79 Å². The molecule has 0 bridgehead atoms. The van der Waals surface area contributed by atoms with Gasteiger partial charge in [-0.15, -0.1) is 0 Å². The first kappa shape index (κ1) is 10.9. The minimum Gasteiger partial charge on any atom is -0.274 e. The summed E-state index contributed by atoms with van der Waals surface area (Å²) >= 11 is 0. The number of nitrogens with one attached hydrogen (secondary N) is 2. The molecule has 0 atom stereocenters. The number of carbonyl (C=O) groups is 1. The van der Waals surface area contributed by atoms with Crippen molar-refractivity contribution in [3.63, 3.8) is 0 Å². The van der Waals surface area contributed by atoms with Crippen LogP contribution in [0.1, 0.15) is 5.56 Å². The van der Waals surface area contributed by atoms with Crippen LogP contribution in [0.15, 0.2) is 41.5 Å². The number of rotatable bonds is 3. The molecule has 0 saturated carbocycles. The Kier molecular flexibility index (Phi) is 4.62. The smallest absolute Gasteiger partial charge is 0.274 e. The van der Waals surface area contributed by atoms with Crippen LogP contribution < -0.4 is 16.7 Å². The molecule has 1 aromatic carbocycles. The van der Waals surface area contributed by atoms with Crippen molar-refractivity contribution in [2.45, 2.75) is 0 Å². The molecular weight excluding hydrogens is 192 g/mol. The lowest BCUT2D eigenvalue weighted by atomic mass is 10.2. The summed E-state index contributed by atoms with van der Waals surface area (Å²) < 4.78 is 0. The summed E-state index contributed by atoms with van der Waals surface area (Å²) in [6, 6.07) is 9.20. The van der Waals surface area contributed by atoms with Gasteiger partial charge in [0.15, 0.2) is 0 Å². The molecule has 1 rings (SSSR count). The Bertz CT molecular complexity index is 359. The zero-order valence-electron chi connectivity index (χ0n) is 8.05. The lowest BCUT2D eigenvalue weighted by Crippen LogP contribution is -2.37. The maximum absolute atomic E-state index is 10.6. The molecule has 15 heavy (non-hydrogen) atoms. The molecule has 0 aromatic heterocycles. The van der Waals surface area contributed by atoms with Crippen LogP contribution in [-0.4, -0.2) is 12.2 Å². The molecule has 0 fully saturated rings. The van der Waals surface area contributed by atoms with Gasteiger partial charge in [-0.25, -0.2) is 16.1 Å². The monoisotopic (exact) mass is 204 g/mol. The van der Waals surface area contributed by atoms with Gasteiger partial charge in [-0.2, -0.15) is 5.10 Å². The SMILES string of the molecule is NNC(=O)N/N=C/C=C\c1ccccc1. The number of nitrogens with two attached hydrogens (primary N) is 1. The Morgan fingerprint density at radius 2 is 2.07 bits per heavy atom. The van der Waals surface area contributed by atoms with Crippen LogP contribution in [0, 0.1) is 0 Å². The topological polar surface area (TPSA) is 79.5 Å². The third-order valence-corrected chi connectivity index (χ3v) is 1.55. The molecule has 0 saturated heterocycles. The summed E-state index contributed by atoms with van der Waals surface area (Å²) in [7, 11) is 0. The molecule has 0 heterocycles. The van der Waals surface area contributed by atoms with E-state index in [1.807, 2.05) is 41.8 Å². The van der Waals surface area contributed by atoms with Gasteiger partial charge in [-0.1, -0.05) is 36.4 Å². The normalized spacial score (nSPS) is 10.7. The fraction of sp³-hybridized carbons (Fsp3) is 0. The number of amides is 2. The van der Waals surface area contributed by atoms with Gasteiger partial charge < -0.3 is 0 Å². The molecular formula is C10H12N4O. The second-order valence-electron chi connectivity index (χ2n) is 2.63. The van der Waals surface area contributed by atoms with Gasteiger partial charge in [0.2, 0.25) is 0 Å². The van der Waals surface area contributed by atoms with E-state index in [1.165, 1.54) is 6.21 Å². The largest absolute Gasteiger partial charge is 0.349 e. The predicted molar refractivity (Wildman–Crippen MR) is 59.8 cm³/mol. The van der Waals surface area contributed by atoms with Gasteiger partial charge >= 0.3 is 6.03 Å². The van der Waals surface area contributed by atoms with E-state index >= 15 is 0 Å². The van der Waals surface area contributed by atoms with Crippen molar-refractivity contribution in [1.82, 2.24) is 10.9 Å². The Hall–Kier alpha value is -2.14. The van der Waals surface area contributed by atoms with Crippen LogP contribution in [-0.2, 0) is 0 Å². The van der Waals surface area contributed by atoms with E-state index in [0.717, 1.165) is 5.56 Å². The Labute approximate surface area is 87.6 Å². The Morgan fingerprint density at radius 3 is 2.73 bits per heavy atom. The molecule has 5 nitrogen and oxygen atoms in total. The number of nitrogens with zero attached hydrogens (tertiary/aromatic N) is 1. The number of hydrogen-bond acceptors (Lipinski definition) is 3. The van der Waals surface area contributed by atoms with Crippen molar-refractivity contribution in [2.24, 2.45) is 10.9 Å². The minimum atomic E-state index is -0.556. The van der Waals surface area contributed by atoms with Crippen LogP contribution in [0.25, 0.3) is 6.08 Å². The summed E-state index contributed by atoms with van der Waals surface area (Å²) in [5.41, 5.74) is 5.11. The van der Waals surface area contributed by atoms with Crippen molar-refractivity contribution in [1.29, 1.82) is 0 Å². The highest BCUT2D eigenvalue weighted by atomic mass is 16.2. The average molecular weight is 204 g/mol. The zero-order chi connectivity index (χ0) is 10.9. The Balaban J connectivity index is 2.37. The average Bonchev–Trinajstić information content (AvgIpc) is 2.29. The minimum absolute atomic E-state index is 0.556. The molecule has 78 valence electrons. The Morgan fingerprint density at radius 1 is 1.33 bits per heavy atom. The van der Waals surface area contributed by atoms with Crippen molar-refractivity contribution < 1.29 is 4.79 Å². The maximum atomic E-state index is 10.6. The van der Waals surface area contributed by atoms with Crippen LogP contribution in [0.2, 0.25) is 0 Å². The van der Waals surface area contributed by atoms with E-state index in [1.54, 1.807) is 6.08 Å². The molecule has 0 aliphatic rings. The highest BCUT2D eigenvalue weighted by Gasteiger charge is 1.87. The molecule has 0 spiro atoms. The first-order chi connectivity index (χ1) is 7.33. The van der Waals surface area contributed by atoms with E-state index in [0.29, 0.717) is 0 Å². The summed E-state index contributed by atoms with van der Waals surface area (Å²) in [6.07, 6.45) is 5.04. The first-order valence-electron chi connectivity index (χ1n) is 4.34. The second kappa shape index (κ2) is 6.33. The lowest BCUT2D eigenvalue weighted by Gasteiger charge is -1.93. The summed E-state index contributed by atoms with van der Waals surface area (Å²) in [5.74, 6) is 4.82. The van der Waals surface area contributed by atoms with Crippen LogP contribution in [0.4, 0.5) is 4.79 Å². The third-order valence-electron chi connectivity index (χ3n) is 1.55. The van der Waals surface area contributed by atoms with Gasteiger partial charge in [0.25, 0.3) is 0 Å². The standard InChI is InChI=1S/C10H12N4O/c11-13-10(15)14-12-8-4-7-9-5-2-1-3-6-9/h1-8H,11H2,(H2,13,14,15)/b7-4-,12-8+. The van der Waals surface area contributed by atoms with Gasteiger partial charge in [0.1, 0.15) is 0 Å². The molecule has 5 heteroatoms. The van der Waals surface area contributed by atoms with E-state index < -0.39 is 6.03 Å². The molecule has 0 unspecified atom stereocenters. The fourth-order valence-electron chi connectivity index (χ4n) is 0.889. The second-order valence-corrected chi connectivity index (χ2v) is 2.63. The number of hydrogen-bond donors (Lipinski definition) is 3. The number of urea groups is 1. The fourth-order valence-corrected chi connectivity index (χ4v) is 0.889. The summed E-state index contributed by atoms with van der Waals surface area (Å²) in [5, 5.41) is 3.60. The molecule has 0 aliphatic heterocycles. The van der Waals surface area contributed by atoms with Crippen molar-refractivity contribution in [3.05, 3.63) is 42.0 Å². The van der Waals surface area contributed by atoms with Gasteiger partial charge in [-0.05, 0) is 11.6 Å². The van der Waals surface area contributed by atoms with E-state index in [4.69, 9.17) is 5.84 Å². The highest BCUT2D eigenvalue weighted by molar-refractivity contribution is 5.80. The predicted octanol–water partition coefficient (Wildman–Crippen LogP) is 0.858. The third kappa shape index (κ3) is 4.58. The molecule has 1 aromatic rings. The van der Waals surface area contributed by atoms with E-state index in [-0.39, 0.29) is 0 Å². The zero-order valence-corrected chi connectivity index (χ0v) is 8.05. The number of benzene rings is 1. The van der Waals surface area contributed by atoms with Gasteiger partial charge in [0.05, 0.1) is 0 Å².